The number of sulfonamides is 1. The maximum atomic E-state index is 13.1. The third-order valence-electron chi connectivity index (χ3n) is 3.60. The second-order valence-corrected chi connectivity index (χ2v) is 6.85. The van der Waals surface area contributed by atoms with Crippen LogP contribution in [0.1, 0.15) is 13.3 Å². The fourth-order valence-electron chi connectivity index (χ4n) is 2.56. The van der Waals surface area contributed by atoms with Gasteiger partial charge in [0.25, 0.3) is 0 Å². The molecule has 0 fully saturated rings. The Kier molecular flexibility index (Phi) is 3.91. The zero-order valence-corrected chi connectivity index (χ0v) is 13.3. The van der Waals surface area contributed by atoms with Gasteiger partial charge in [0.05, 0.1) is 15.9 Å². The van der Waals surface area contributed by atoms with Crippen LogP contribution in [0.25, 0.3) is 22.4 Å². The van der Waals surface area contributed by atoms with Crippen LogP contribution in [-0.4, -0.2) is 18.0 Å². The van der Waals surface area contributed by atoms with Crippen molar-refractivity contribution in [1.82, 2.24) is 9.55 Å². The summed E-state index contributed by atoms with van der Waals surface area (Å²) in [6.45, 7) is 2.76. The molecule has 3 aromatic rings. The molecule has 0 saturated carbocycles. The Morgan fingerprint density at radius 1 is 1.17 bits per heavy atom. The van der Waals surface area contributed by atoms with E-state index in [1.165, 1.54) is 24.3 Å². The maximum absolute atomic E-state index is 13.1. The van der Waals surface area contributed by atoms with Gasteiger partial charge in [-0.2, -0.15) is 0 Å². The monoisotopic (exact) mass is 333 g/mol. The highest BCUT2D eigenvalue weighted by atomic mass is 32.2. The fraction of sp³-hybridized carbons (Fsp3) is 0.188. The van der Waals surface area contributed by atoms with Crippen molar-refractivity contribution in [3.8, 4) is 11.4 Å². The number of nitrogens with two attached hydrogens (primary N) is 1. The molecule has 0 aliphatic carbocycles. The minimum atomic E-state index is -3.78. The van der Waals surface area contributed by atoms with E-state index >= 15 is 0 Å². The normalized spacial score (nSPS) is 12.0. The Bertz CT molecular complexity index is 963. The van der Waals surface area contributed by atoms with E-state index in [0.717, 1.165) is 24.0 Å². The summed E-state index contributed by atoms with van der Waals surface area (Å²) in [6, 6.07) is 10.7. The van der Waals surface area contributed by atoms with Crippen LogP contribution in [0.4, 0.5) is 4.39 Å². The summed E-state index contributed by atoms with van der Waals surface area (Å²) in [5.74, 6) is 0.358. The Labute approximate surface area is 133 Å². The fourth-order valence-corrected chi connectivity index (χ4v) is 3.09. The van der Waals surface area contributed by atoms with E-state index in [4.69, 9.17) is 5.14 Å². The molecule has 0 aliphatic heterocycles. The summed E-state index contributed by atoms with van der Waals surface area (Å²) in [6.07, 6.45) is 0.886. The molecule has 0 aliphatic rings. The highest BCUT2D eigenvalue weighted by Gasteiger charge is 2.15. The van der Waals surface area contributed by atoms with Crippen LogP contribution in [0.5, 0.6) is 0 Å². The molecule has 120 valence electrons. The zero-order valence-electron chi connectivity index (χ0n) is 12.5. The van der Waals surface area contributed by atoms with Gasteiger partial charge in [-0.15, -0.1) is 0 Å². The van der Waals surface area contributed by atoms with Gasteiger partial charge in [-0.3, -0.25) is 0 Å². The number of hydrogen-bond donors (Lipinski definition) is 1. The molecule has 0 radical (unpaired) electrons. The van der Waals surface area contributed by atoms with Crippen molar-refractivity contribution in [2.75, 3.05) is 0 Å². The number of primary sulfonamides is 1. The average Bonchev–Trinajstić information content (AvgIpc) is 2.86. The molecule has 2 N–H and O–H groups in total. The molecule has 0 spiro atoms. The molecule has 1 heterocycles. The molecule has 2 aromatic carbocycles. The lowest BCUT2D eigenvalue weighted by Crippen LogP contribution is -2.11. The first-order valence-corrected chi connectivity index (χ1v) is 8.74. The lowest BCUT2D eigenvalue weighted by molar-refractivity contribution is 0.598. The SMILES string of the molecule is CCCn1c(-c2ccc(F)cc2)nc2cc(S(N)(=O)=O)ccc21. The first-order valence-electron chi connectivity index (χ1n) is 7.19. The second-order valence-electron chi connectivity index (χ2n) is 5.29. The number of nitrogens with zero attached hydrogens (tertiary/aromatic N) is 2. The Morgan fingerprint density at radius 2 is 1.87 bits per heavy atom. The van der Waals surface area contributed by atoms with Crippen LogP contribution in [0.2, 0.25) is 0 Å². The quantitative estimate of drug-likeness (QED) is 0.797. The van der Waals surface area contributed by atoms with E-state index in [0.29, 0.717) is 11.3 Å². The van der Waals surface area contributed by atoms with Crippen LogP contribution < -0.4 is 5.14 Å². The van der Waals surface area contributed by atoms with Gasteiger partial charge in [0.1, 0.15) is 11.6 Å². The molecule has 0 amide bonds. The van der Waals surface area contributed by atoms with Crippen molar-refractivity contribution in [2.24, 2.45) is 5.14 Å². The third-order valence-corrected chi connectivity index (χ3v) is 4.51. The largest absolute Gasteiger partial charge is 0.324 e. The summed E-state index contributed by atoms with van der Waals surface area (Å²) < 4.78 is 38.1. The highest BCUT2D eigenvalue weighted by molar-refractivity contribution is 7.89. The molecule has 1 aromatic heterocycles. The van der Waals surface area contributed by atoms with Crippen molar-refractivity contribution in [2.45, 2.75) is 24.8 Å². The minimum Gasteiger partial charge on any atom is -0.324 e. The smallest absolute Gasteiger partial charge is 0.238 e. The van der Waals surface area contributed by atoms with Crippen molar-refractivity contribution in [3.63, 3.8) is 0 Å². The summed E-state index contributed by atoms with van der Waals surface area (Å²) in [4.78, 5) is 4.55. The summed E-state index contributed by atoms with van der Waals surface area (Å²) >= 11 is 0. The van der Waals surface area contributed by atoms with Gasteiger partial charge in [-0.05, 0) is 48.9 Å². The third kappa shape index (κ3) is 2.97. The number of hydrogen-bond acceptors (Lipinski definition) is 3. The topological polar surface area (TPSA) is 78.0 Å². The van der Waals surface area contributed by atoms with Gasteiger partial charge in [-0.1, -0.05) is 6.92 Å². The van der Waals surface area contributed by atoms with Crippen molar-refractivity contribution in [3.05, 3.63) is 48.3 Å². The molecule has 0 unspecified atom stereocenters. The van der Waals surface area contributed by atoms with Gasteiger partial charge >= 0.3 is 0 Å². The number of aryl methyl sites for hydroxylation is 1. The van der Waals surface area contributed by atoms with Crippen molar-refractivity contribution >= 4 is 21.1 Å². The van der Waals surface area contributed by atoms with Gasteiger partial charge in [0, 0.05) is 12.1 Å². The van der Waals surface area contributed by atoms with Crippen molar-refractivity contribution in [1.29, 1.82) is 0 Å². The molecule has 7 heteroatoms. The first-order chi connectivity index (χ1) is 10.9. The number of halogens is 1. The molecular formula is C16H16FN3O2S. The lowest BCUT2D eigenvalue weighted by atomic mass is 10.2. The van der Waals surface area contributed by atoms with E-state index in [1.54, 1.807) is 18.2 Å². The molecule has 3 rings (SSSR count). The first kappa shape index (κ1) is 15.6. The summed E-state index contributed by atoms with van der Waals surface area (Å²) in [7, 11) is -3.78. The van der Waals surface area contributed by atoms with Crippen LogP contribution in [0, 0.1) is 5.82 Å². The van der Waals surface area contributed by atoms with E-state index < -0.39 is 10.0 Å². The Morgan fingerprint density at radius 3 is 2.48 bits per heavy atom. The summed E-state index contributed by atoms with van der Waals surface area (Å²) in [5, 5.41) is 5.18. The number of aromatic nitrogens is 2. The minimum absolute atomic E-state index is 0.0248. The van der Waals surface area contributed by atoms with E-state index in [2.05, 4.69) is 4.98 Å². The van der Waals surface area contributed by atoms with E-state index in [-0.39, 0.29) is 10.7 Å². The Hall–Kier alpha value is -2.25. The number of imidazole rings is 1. The molecule has 0 bridgehead atoms. The predicted octanol–water partition coefficient (Wildman–Crippen LogP) is 2.90. The van der Waals surface area contributed by atoms with Crippen LogP contribution in [0.15, 0.2) is 47.4 Å². The van der Waals surface area contributed by atoms with Crippen LogP contribution >= 0.6 is 0 Å². The van der Waals surface area contributed by atoms with Gasteiger partial charge in [0.15, 0.2) is 0 Å². The van der Waals surface area contributed by atoms with Gasteiger partial charge < -0.3 is 4.57 Å². The second kappa shape index (κ2) is 5.75. The molecule has 0 saturated heterocycles. The maximum Gasteiger partial charge on any atom is 0.238 e. The Balaban J connectivity index is 2.24. The highest BCUT2D eigenvalue weighted by Crippen LogP contribution is 2.27. The van der Waals surface area contributed by atoms with Gasteiger partial charge in [0.2, 0.25) is 10.0 Å². The van der Waals surface area contributed by atoms with E-state index in [1.807, 2.05) is 11.5 Å². The number of rotatable bonds is 4. The molecule has 5 nitrogen and oxygen atoms in total. The lowest BCUT2D eigenvalue weighted by Gasteiger charge is -2.08. The van der Waals surface area contributed by atoms with Crippen molar-refractivity contribution < 1.29 is 12.8 Å². The predicted molar refractivity (Wildman–Crippen MR) is 86.8 cm³/mol. The number of fused-ring (bicyclic) bond motifs is 1. The average molecular weight is 333 g/mol. The number of benzene rings is 2. The van der Waals surface area contributed by atoms with Gasteiger partial charge in [-0.25, -0.2) is 22.9 Å². The summed E-state index contributed by atoms with van der Waals surface area (Å²) in [5.41, 5.74) is 2.14. The zero-order chi connectivity index (χ0) is 16.6. The molecular weight excluding hydrogens is 317 g/mol. The standard InChI is InChI=1S/C16H16FN3O2S/c1-2-9-20-15-8-7-13(23(18,21)22)10-14(15)19-16(20)11-3-5-12(17)6-4-11/h3-8,10H,2,9H2,1H3,(H2,18,21,22). The van der Waals surface area contributed by atoms with Crippen LogP contribution in [0.3, 0.4) is 0 Å². The van der Waals surface area contributed by atoms with Crippen LogP contribution in [-0.2, 0) is 16.6 Å². The van der Waals surface area contributed by atoms with E-state index in [9.17, 15) is 12.8 Å². The molecule has 0 atom stereocenters. The molecule has 23 heavy (non-hydrogen) atoms.